The molecule has 238 valence electrons. The molecule has 43 heavy (non-hydrogen) atoms. The largest absolute Gasteiger partial charge is 0.481 e. The van der Waals surface area contributed by atoms with Crippen LogP contribution < -0.4 is 0 Å². The maximum Gasteiger partial charge on any atom is 0.331 e. The Morgan fingerprint density at radius 3 is 2.26 bits per heavy atom. The molecule has 11 heteroatoms. The Hall–Kier alpha value is -3.15. The lowest BCUT2D eigenvalue weighted by Gasteiger charge is -2.30. The number of carbonyl (C=O) groups excluding carboxylic acids is 3. The quantitative estimate of drug-likeness (QED) is 0.0916. The molecule has 0 heterocycles. The number of hydrogen-bond acceptors (Lipinski definition) is 9. The van der Waals surface area contributed by atoms with Crippen molar-refractivity contribution in [3.8, 4) is 0 Å². The fourth-order valence-corrected chi connectivity index (χ4v) is 4.36. The molecular weight excluding hydrogens is 580 g/mol. The molecule has 0 saturated heterocycles. The monoisotopic (exact) mass is 622 g/mol. The molecular formula is C32H43ClO10. The predicted octanol–water partition coefficient (Wildman–Crippen LogP) is 3.48. The topological polar surface area (TPSA) is 179 Å². The van der Waals surface area contributed by atoms with Crippen LogP contribution in [0.25, 0.3) is 0 Å². The van der Waals surface area contributed by atoms with Gasteiger partial charge in [0.2, 0.25) is 0 Å². The van der Waals surface area contributed by atoms with Gasteiger partial charge in [0.05, 0.1) is 24.2 Å². The van der Waals surface area contributed by atoms with E-state index < -0.39 is 66.5 Å². The minimum absolute atomic E-state index is 0.0692. The number of allylic oxidation sites excluding steroid dienone is 10. The van der Waals surface area contributed by atoms with Crippen molar-refractivity contribution in [2.45, 2.75) is 89.8 Å². The molecule has 5 N–H and O–H groups in total. The van der Waals surface area contributed by atoms with E-state index in [1.807, 2.05) is 6.92 Å². The van der Waals surface area contributed by atoms with Gasteiger partial charge in [0, 0.05) is 36.3 Å². The van der Waals surface area contributed by atoms with Crippen molar-refractivity contribution in [3.05, 3.63) is 71.4 Å². The van der Waals surface area contributed by atoms with E-state index in [9.17, 15) is 39.6 Å². The highest BCUT2D eigenvalue weighted by Crippen LogP contribution is 2.27. The van der Waals surface area contributed by atoms with Crippen LogP contribution in [0.4, 0.5) is 0 Å². The van der Waals surface area contributed by atoms with Gasteiger partial charge in [-0.25, -0.2) is 4.79 Å². The van der Waals surface area contributed by atoms with E-state index in [0.29, 0.717) is 12.8 Å². The second-order valence-electron chi connectivity index (χ2n) is 10.5. The molecule has 0 aromatic carbocycles. The molecule has 0 spiro atoms. The molecule has 7 unspecified atom stereocenters. The van der Waals surface area contributed by atoms with Crippen molar-refractivity contribution in [1.82, 2.24) is 0 Å². The third-order valence-electron chi connectivity index (χ3n) is 6.82. The number of aliphatic hydroxyl groups is 4. The predicted molar refractivity (Wildman–Crippen MR) is 162 cm³/mol. The minimum atomic E-state index is -1.79. The lowest BCUT2D eigenvalue weighted by molar-refractivity contribution is -0.159. The summed E-state index contributed by atoms with van der Waals surface area (Å²) < 4.78 is 5.20. The first-order chi connectivity index (χ1) is 20.3. The number of ketones is 2. The first kappa shape index (κ1) is 37.9. The zero-order valence-electron chi connectivity index (χ0n) is 24.7. The molecule has 0 aromatic heterocycles. The highest BCUT2D eigenvalue weighted by atomic mass is 35.5. The second kappa shape index (κ2) is 19.9. The van der Waals surface area contributed by atoms with E-state index >= 15 is 0 Å². The second-order valence-corrected chi connectivity index (χ2v) is 10.9. The molecule has 0 aromatic rings. The Bertz CT molecular complexity index is 1130. The van der Waals surface area contributed by atoms with Gasteiger partial charge in [0.25, 0.3) is 0 Å². The summed E-state index contributed by atoms with van der Waals surface area (Å²) in [7, 11) is 0. The van der Waals surface area contributed by atoms with E-state index in [0.717, 1.165) is 5.57 Å². The van der Waals surface area contributed by atoms with Crippen LogP contribution in [-0.4, -0.2) is 79.6 Å². The molecule has 1 fully saturated rings. The Kier molecular flexibility index (Phi) is 17.6. The standard InChI is InChI=1S/C32H43ClO10/c1-4-5-12-23(34)18-24(35)19-27(37)31(40)30(39)21(3)25(33)13-8-6-10-20(2)11-7-9-14-29(38)43-28-17-22(32(41)42)15-16-26(28)36/h5-14,21-22,24,26,28,30-31,35-36,39-40H,4,15-19H2,1-3H3,(H,41,42)/b8-6+,11-7+,12-5+,14-9+,20-10+,25-13-. The maximum absolute atomic E-state index is 12.3. The molecule has 1 rings (SSSR count). The number of carboxylic acids is 1. The number of aliphatic hydroxyl groups excluding tert-OH is 4. The number of ether oxygens (including phenoxy) is 1. The summed E-state index contributed by atoms with van der Waals surface area (Å²) in [5.41, 5.74) is 0.808. The van der Waals surface area contributed by atoms with E-state index in [4.69, 9.17) is 21.4 Å². The van der Waals surface area contributed by atoms with Gasteiger partial charge in [0.15, 0.2) is 11.6 Å². The SMILES string of the molecule is CC/C=C/C(=O)CC(O)CC(=O)C(O)C(O)C(C)/C(Cl)=C/C=C/C=C(C)/C=C/C=C/C(=O)OC1CC(C(=O)O)CCC1O. The average molecular weight is 623 g/mol. The zero-order valence-corrected chi connectivity index (χ0v) is 25.5. The number of esters is 1. The highest BCUT2D eigenvalue weighted by molar-refractivity contribution is 6.30. The van der Waals surface area contributed by atoms with Crippen LogP contribution in [0, 0.1) is 11.8 Å². The van der Waals surface area contributed by atoms with Crippen LogP contribution in [0.3, 0.4) is 0 Å². The Labute approximate surface area is 257 Å². The van der Waals surface area contributed by atoms with Crippen LogP contribution in [0.1, 0.15) is 59.3 Å². The van der Waals surface area contributed by atoms with Gasteiger partial charge in [-0.15, -0.1) is 0 Å². The van der Waals surface area contributed by atoms with E-state index in [1.54, 1.807) is 43.4 Å². The molecule has 1 saturated carbocycles. The normalized spacial score (nSPS) is 23.1. The van der Waals surface area contributed by atoms with Gasteiger partial charge >= 0.3 is 11.9 Å². The van der Waals surface area contributed by atoms with Crippen molar-refractivity contribution < 1.29 is 49.4 Å². The first-order valence-corrected chi connectivity index (χ1v) is 14.6. The Morgan fingerprint density at radius 2 is 1.60 bits per heavy atom. The molecule has 1 aliphatic rings. The third kappa shape index (κ3) is 14.7. The number of rotatable bonds is 17. The Balaban J connectivity index is 2.57. The fraction of sp³-hybridized carbons (Fsp3) is 0.500. The van der Waals surface area contributed by atoms with Gasteiger partial charge in [-0.1, -0.05) is 73.6 Å². The summed E-state index contributed by atoms with van der Waals surface area (Å²) in [5.74, 6) is -4.25. The average Bonchev–Trinajstić information content (AvgIpc) is 2.95. The minimum Gasteiger partial charge on any atom is -0.481 e. The third-order valence-corrected chi connectivity index (χ3v) is 7.29. The van der Waals surface area contributed by atoms with Gasteiger partial charge in [-0.05, 0) is 38.3 Å². The van der Waals surface area contributed by atoms with E-state index in [1.165, 1.54) is 31.2 Å². The molecule has 0 radical (unpaired) electrons. The summed E-state index contributed by atoms with van der Waals surface area (Å²) in [6.07, 6.45) is 9.67. The molecule has 0 bridgehead atoms. The van der Waals surface area contributed by atoms with Gasteiger partial charge in [-0.3, -0.25) is 14.4 Å². The maximum atomic E-state index is 12.3. The van der Waals surface area contributed by atoms with Crippen LogP contribution in [0.15, 0.2) is 71.4 Å². The van der Waals surface area contributed by atoms with Crippen molar-refractivity contribution in [2.24, 2.45) is 11.8 Å². The molecule has 10 nitrogen and oxygen atoms in total. The molecule has 1 aliphatic carbocycles. The van der Waals surface area contributed by atoms with Gasteiger partial charge in [0.1, 0.15) is 12.2 Å². The van der Waals surface area contributed by atoms with Gasteiger partial charge < -0.3 is 30.3 Å². The molecule has 0 aliphatic heterocycles. The summed E-state index contributed by atoms with van der Waals surface area (Å²) in [5, 5.41) is 49.9. The summed E-state index contributed by atoms with van der Waals surface area (Å²) in [6.45, 7) is 5.19. The van der Waals surface area contributed by atoms with E-state index in [-0.39, 0.29) is 30.1 Å². The lowest BCUT2D eigenvalue weighted by Crippen LogP contribution is -2.40. The smallest absolute Gasteiger partial charge is 0.331 e. The van der Waals surface area contributed by atoms with Crippen LogP contribution in [-0.2, 0) is 23.9 Å². The first-order valence-electron chi connectivity index (χ1n) is 14.2. The van der Waals surface area contributed by atoms with E-state index in [2.05, 4.69) is 0 Å². The summed E-state index contributed by atoms with van der Waals surface area (Å²) in [6, 6.07) is 0. The van der Waals surface area contributed by atoms with Crippen LogP contribution in [0.5, 0.6) is 0 Å². The fourth-order valence-electron chi connectivity index (χ4n) is 4.16. The van der Waals surface area contributed by atoms with Gasteiger partial charge in [-0.2, -0.15) is 0 Å². The summed E-state index contributed by atoms with van der Waals surface area (Å²) >= 11 is 6.24. The molecule has 0 amide bonds. The number of halogens is 1. The zero-order chi connectivity index (χ0) is 32.5. The number of aliphatic carboxylic acids is 1. The number of carbonyl (C=O) groups is 4. The van der Waals surface area contributed by atoms with Crippen molar-refractivity contribution in [3.63, 3.8) is 0 Å². The lowest BCUT2D eigenvalue weighted by atomic mass is 9.85. The van der Waals surface area contributed by atoms with Crippen molar-refractivity contribution >= 4 is 35.1 Å². The highest BCUT2D eigenvalue weighted by Gasteiger charge is 2.35. The number of hydrogen-bond donors (Lipinski definition) is 5. The van der Waals surface area contributed by atoms with Crippen LogP contribution >= 0.6 is 11.6 Å². The van der Waals surface area contributed by atoms with Crippen molar-refractivity contribution in [2.75, 3.05) is 0 Å². The van der Waals surface area contributed by atoms with Crippen LogP contribution in [0.2, 0.25) is 0 Å². The van der Waals surface area contributed by atoms with Crippen molar-refractivity contribution in [1.29, 1.82) is 0 Å². The number of carboxylic acid groups (broad SMARTS) is 1. The molecule has 7 atom stereocenters. The Morgan fingerprint density at radius 1 is 0.953 bits per heavy atom. The number of Topliss-reactive ketones (excluding diaryl/α,β-unsaturated/α-hetero) is 1. The summed E-state index contributed by atoms with van der Waals surface area (Å²) in [4.78, 5) is 47.2.